The predicted octanol–water partition coefficient (Wildman–Crippen LogP) is 0.489. The Bertz CT molecular complexity index is 328. The summed E-state index contributed by atoms with van der Waals surface area (Å²) in [6.07, 6.45) is 5.76. The van der Waals surface area contributed by atoms with Crippen molar-refractivity contribution < 1.29 is 0 Å². The van der Waals surface area contributed by atoms with Crippen LogP contribution in [0.4, 0.5) is 0 Å². The van der Waals surface area contributed by atoms with Gasteiger partial charge in [-0.25, -0.2) is 4.79 Å². The maximum absolute atomic E-state index is 11.3. The van der Waals surface area contributed by atoms with Gasteiger partial charge in [0.05, 0.1) is 6.04 Å². The van der Waals surface area contributed by atoms with Crippen molar-refractivity contribution in [1.29, 1.82) is 0 Å². The van der Waals surface area contributed by atoms with Gasteiger partial charge in [-0.2, -0.15) is 0 Å². The van der Waals surface area contributed by atoms with Gasteiger partial charge in [-0.05, 0) is 26.3 Å². The number of H-pyrrole nitrogens is 1. The molecule has 2 N–H and O–H groups in total. The third-order valence-corrected chi connectivity index (χ3v) is 2.75. The lowest BCUT2D eigenvalue weighted by Crippen LogP contribution is -2.42. The van der Waals surface area contributed by atoms with Crippen LogP contribution in [0.15, 0.2) is 17.2 Å². The highest BCUT2D eigenvalue weighted by molar-refractivity contribution is 4.88. The van der Waals surface area contributed by atoms with Crippen LogP contribution in [0.25, 0.3) is 0 Å². The second-order valence-corrected chi connectivity index (χ2v) is 3.62. The third-order valence-electron chi connectivity index (χ3n) is 2.75. The molecule has 0 aromatic carbocycles. The molecule has 1 aliphatic heterocycles. The highest BCUT2D eigenvalue weighted by Crippen LogP contribution is 2.19. The van der Waals surface area contributed by atoms with Crippen molar-refractivity contribution in [3.05, 3.63) is 22.9 Å². The van der Waals surface area contributed by atoms with Gasteiger partial charge in [0.2, 0.25) is 0 Å². The fourth-order valence-electron chi connectivity index (χ4n) is 2.00. The summed E-state index contributed by atoms with van der Waals surface area (Å²) in [6, 6.07) is 0.703. The molecule has 0 bridgehead atoms. The Labute approximate surface area is 77.0 Å². The Morgan fingerprint density at radius 1 is 1.62 bits per heavy atom. The molecule has 0 aliphatic carbocycles. The molecular weight excluding hydrogens is 166 g/mol. The molecule has 1 aromatic heterocycles. The van der Waals surface area contributed by atoms with Crippen molar-refractivity contribution in [2.24, 2.45) is 0 Å². The molecule has 1 fully saturated rings. The molecule has 0 amide bonds. The minimum Gasteiger partial charge on any atom is -0.313 e. The van der Waals surface area contributed by atoms with Crippen LogP contribution >= 0.6 is 0 Å². The van der Waals surface area contributed by atoms with Gasteiger partial charge in [0, 0.05) is 18.4 Å². The van der Waals surface area contributed by atoms with E-state index in [2.05, 4.69) is 17.2 Å². The Hall–Kier alpha value is -1.03. The van der Waals surface area contributed by atoms with Gasteiger partial charge in [0.25, 0.3) is 0 Å². The summed E-state index contributed by atoms with van der Waals surface area (Å²) < 4.78 is 1.79. The summed E-state index contributed by atoms with van der Waals surface area (Å²) in [5.41, 5.74) is 0.000509. The van der Waals surface area contributed by atoms with E-state index in [1.165, 1.54) is 0 Å². The number of imidazole rings is 1. The Morgan fingerprint density at radius 3 is 3.08 bits per heavy atom. The van der Waals surface area contributed by atoms with Crippen LogP contribution in [0.1, 0.15) is 25.8 Å². The van der Waals surface area contributed by atoms with Crippen molar-refractivity contribution in [3.8, 4) is 0 Å². The highest BCUT2D eigenvalue weighted by atomic mass is 16.1. The lowest BCUT2D eigenvalue weighted by molar-refractivity contribution is 0.290. The summed E-state index contributed by atoms with van der Waals surface area (Å²) in [4.78, 5) is 14.0. The first kappa shape index (κ1) is 8.56. The molecule has 4 heteroatoms. The van der Waals surface area contributed by atoms with Gasteiger partial charge >= 0.3 is 5.69 Å². The molecule has 0 spiro atoms. The van der Waals surface area contributed by atoms with E-state index in [-0.39, 0.29) is 5.69 Å². The molecule has 2 atom stereocenters. The SMILES string of the molecule is CC1NCCCC1n1cc[nH]c1=O. The van der Waals surface area contributed by atoms with Crippen molar-refractivity contribution in [2.75, 3.05) is 6.54 Å². The smallest absolute Gasteiger partial charge is 0.313 e. The number of hydrogen-bond donors (Lipinski definition) is 2. The topological polar surface area (TPSA) is 49.8 Å². The lowest BCUT2D eigenvalue weighted by Gasteiger charge is -2.30. The van der Waals surface area contributed by atoms with Crippen molar-refractivity contribution in [3.63, 3.8) is 0 Å². The van der Waals surface area contributed by atoms with Crippen molar-refractivity contribution in [2.45, 2.75) is 31.8 Å². The van der Waals surface area contributed by atoms with Gasteiger partial charge in [0.1, 0.15) is 0 Å². The van der Waals surface area contributed by atoms with E-state index >= 15 is 0 Å². The lowest BCUT2D eigenvalue weighted by atomic mass is 10.00. The molecule has 4 nitrogen and oxygen atoms in total. The molecule has 13 heavy (non-hydrogen) atoms. The average molecular weight is 181 g/mol. The average Bonchev–Trinajstić information content (AvgIpc) is 2.52. The van der Waals surface area contributed by atoms with Crippen molar-refractivity contribution in [1.82, 2.24) is 14.9 Å². The summed E-state index contributed by atoms with van der Waals surface area (Å²) in [7, 11) is 0. The van der Waals surface area contributed by atoms with Crippen LogP contribution in [0, 0.1) is 0 Å². The van der Waals surface area contributed by atoms with Crippen LogP contribution in [-0.4, -0.2) is 22.1 Å². The second kappa shape index (κ2) is 3.38. The number of nitrogens with zero attached hydrogens (tertiary/aromatic N) is 1. The van der Waals surface area contributed by atoms with Gasteiger partial charge in [0.15, 0.2) is 0 Å². The summed E-state index contributed by atoms with van der Waals surface area (Å²) in [5.74, 6) is 0. The predicted molar refractivity (Wildman–Crippen MR) is 50.8 cm³/mol. The first-order chi connectivity index (χ1) is 6.29. The van der Waals surface area contributed by atoms with Crippen LogP contribution in [-0.2, 0) is 0 Å². The minimum absolute atomic E-state index is 0.000509. The zero-order valence-corrected chi connectivity index (χ0v) is 7.79. The Kier molecular flexibility index (Phi) is 2.22. The molecule has 2 heterocycles. The third kappa shape index (κ3) is 1.54. The van der Waals surface area contributed by atoms with Crippen molar-refractivity contribution >= 4 is 0 Å². The van der Waals surface area contributed by atoms with E-state index in [1.807, 2.05) is 6.20 Å². The summed E-state index contributed by atoms with van der Waals surface area (Å²) in [5, 5.41) is 3.37. The number of piperidine rings is 1. The van der Waals surface area contributed by atoms with E-state index in [1.54, 1.807) is 10.8 Å². The highest BCUT2D eigenvalue weighted by Gasteiger charge is 2.22. The first-order valence-electron chi connectivity index (χ1n) is 4.78. The van der Waals surface area contributed by atoms with Crippen LogP contribution < -0.4 is 11.0 Å². The maximum atomic E-state index is 11.3. The monoisotopic (exact) mass is 181 g/mol. The maximum Gasteiger partial charge on any atom is 0.325 e. The molecule has 1 aromatic rings. The largest absolute Gasteiger partial charge is 0.325 e. The molecule has 1 saturated heterocycles. The molecule has 72 valence electrons. The number of rotatable bonds is 1. The van der Waals surface area contributed by atoms with Crippen LogP contribution in [0.3, 0.4) is 0 Å². The van der Waals surface area contributed by atoms with Gasteiger partial charge in [-0.15, -0.1) is 0 Å². The number of aromatic nitrogens is 2. The summed E-state index contributed by atoms with van der Waals surface area (Å²) in [6.45, 7) is 3.19. The molecular formula is C9H15N3O. The fourth-order valence-corrected chi connectivity index (χ4v) is 2.00. The number of aromatic amines is 1. The quantitative estimate of drug-likeness (QED) is 0.662. The van der Waals surface area contributed by atoms with Gasteiger partial charge in [-0.3, -0.25) is 4.57 Å². The number of hydrogen-bond acceptors (Lipinski definition) is 2. The molecule has 1 aliphatic rings. The minimum atomic E-state index is 0.000509. The Morgan fingerprint density at radius 2 is 2.46 bits per heavy atom. The molecule has 0 saturated carbocycles. The zero-order valence-electron chi connectivity index (χ0n) is 7.79. The number of nitrogens with one attached hydrogen (secondary N) is 2. The zero-order chi connectivity index (χ0) is 9.26. The van der Waals surface area contributed by atoms with E-state index in [9.17, 15) is 4.79 Å². The fraction of sp³-hybridized carbons (Fsp3) is 0.667. The van der Waals surface area contributed by atoms with Crippen LogP contribution in [0.2, 0.25) is 0 Å². The Balaban J connectivity index is 2.24. The first-order valence-corrected chi connectivity index (χ1v) is 4.78. The molecule has 0 radical (unpaired) electrons. The summed E-state index contributed by atoms with van der Waals surface area (Å²) >= 11 is 0. The molecule has 2 rings (SSSR count). The van der Waals surface area contributed by atoms with Gasteiger partial charge < -0.3 is 10.3 Å². The van der Waals surface area contributed by atoms with E-state index < -0.39 is 0 Å². The van der Waals surface area contributed by atoms with E-state index in [4.69, 9.17) is 0 Å². The van der Waals surface area contributed by atoms with Gasteiger partial charge in [-0.1, -0.05) is 0 Å². The van der Waals surface area contributed by atoms with E-state index in [0.29, 0.717) is 12.1 Å². The van der Waals surface area contributed by atoms with E-state index in [0.717, 1.165) is 19.4 Å². The second-order valence-electron chi connectivity index (χ2n) is 3.62. The normalized spacial score (nSPS) is 29.0. The standard InChI is InChI=1S/C9H15N3O/c1-7-8(3-2-4-10-7)12-6-5-11-9(12)13/h5-8,10H,2-4H2,1H3,(H,11,13). The van der Waals surface area contributed by atoms with Crippen LogP contribution in [0.5, 0.6) is 0 Å². The molecule has 2 unspecified atom stereocenters.